The van der Waals surface area contributed by atoms with E-state index in [2.05, 4.69) is 68.9 Å². The van der Waals surface area contributed by atoms with Crippen LogP contribution in [0.15, 0.2) is 12.2 Å². The van der Waals surface area contributed by atoms with Gasteiger partial charge in [-0.15, -0.1) is 0 Å². The Hall–Kier alpha value is -1.01. The van der Waals surface area contributed by atoms with Crippen molar-refractivity contribution >= 4 is 28.5 Å². The number of allylic oxidation sites excluding steroid dienone is 1. The maximum absolute atomic E-state index is 14.0. The normalized spacial score (nSPS) is 27.1. The first kappa shape index (κ1) is 41.2. The zero-order chi connectivity index (χ0) is 35.1. The zero-order valence-electron chi connectivity index (χ0n) is 32.1. The molecule has 2 saturated heterocycles. The first-order valence-electron chi connectivity index (χ1n) is 18.6. The molecule has 0 aromatic heterocycles. The molecule has 268 valence electrons. The number of ketones is 1. The van der Waals surface area contributed by atoms with E-state index in [4.69, 9.17) is 18.3 Å². The number of Topliss-reactive ketones (excluding diaryl/α,β-unsaturated/α-hetero) is 1. The maximum Gasteiger partial charge on any atom is 0.412 e. The lowest BCUT2D eigenvalue weighted by Gasteiger charge is -2.50. The number of hydrogen-bond donors (Lipinski definition) is 0. The molecule has 2 fully saturated rings. The van der Waals surface area contributed by atoms with Crippen molar-refractivity contribution in [3.63, 3.8) is 0 Å². The van der Waals surface area contributed by atoms with Crippen molar-refractivity contribution in [2.45, 2.75) is 188 Å². The monoisotopic (exact) mass is 681 g/mol. The van der Waals surface area contributed by atoms with Crippen molar-refractivity contribution in [2.24, 2.45) is 17.8 Å². The first-order chi connectivity index (χ1) is 21.4. The van der Waals surface area contributed by atoms with Gasteiger partial charge in [-0.3, -0.25) is 9.69 Å². The molecule has 0 N–H and O–H groups in total. The van der Waals surface area contributed by atoms with Crippen molar-refractivity contribution in [3.05, 3.63) is 12.2 Å². The molecule has 1 spiro atoms. The summed E-state index contributed by atoms with van der Waals surface area (Å²) in [5.74, 6) is 0.769. The highest BCUT2D eigenvalue weighted by Crippen LogP contribution is 2.50. The number of amides is 1. The highest BCUT2D eigenvalue weighted by molar-refractivity contribution is 6.74. The summed E-state index contributed by atoms with van der Waals surface area (Å²) in [6.07, 6.45) is 2.12. The fourth-order valence-electron chi connectivity index (χ4n) is 7.99. The summed E-state index contributed by atoms with van der Waals surface area (Å²) >= 11 is 0. The Labute approximate surface area is 285 Å². The third-order valence-corrected chi connectivity index (χ3v) is 20.4. The van der Waals surface area contributed by atoms with Crippen LogP contribution in [-0.4, -0.2) is 69.6 Å². The molecule has 2 heterocycles. The van der Waals surface area contributed by atoms with Crippen molar-refractivity contribution in [3.8, 4) is 0 Å². The van der Waals surface area contributed by atoms with E-state index in [-0.39, 0.29) is 42.0 Å². The second-order valence-corrected chi connectivity index (χ2v) is 25.4. The predicted octanol–water partition coefficient (Wildman–Crippen LogP) is 10.1. The van der Waals surface area contributed by atoms with Gasteiger partial charge in [0.05, 0.1) is 12.2 Å². The van der Waals surface area contributed by atoms with Gasteiger partial charge in [-0.1, -0.05) is 74.5 Å². The molecule has 0 saturated carbocycles. The molecule has 2 aliphatic heterocycles. The molecule has 0 aliphatic carbocycles. The lowest BCUT2D eigenvalue weighted by Crippen LogP contribution is -2.61. The summed E-state index contributed by atoms with van der Waals surface area (Å²) in [5.41, 5.74) is -0.553. The molecule has 7 atom stereocenters. The van der Waals surface area contributed by atoms with Crippen molar-refractivity contribution in [2.75, 3.05) is 6.54 Å². The number of ether oxygens (including phenoxy) is 2. The van der Waals surface area contributed by atoms with Crippen LogP contribution in [0.3, 0.4) is 0 Å². The molecule has 0 unspecified atom stereocenters. The number of nitrogens with zero attached hydrogens (tertiary/aromatic N) is 1. The quantitative estimate of drug-likeness (QED) is 0.112. The average Bonchev–Trinajstić information content (AvgIpc) is 3.34. The summed E-state index contributed by atoms with van der Waals surface area (Å²) in [4.78, 5) is 28.8. The van der Waals surface area contributed by atoms with E-state index in [0.29, 0.717) is 38.1 Å². The van der Waals surface area contributed by atoms with Crippen molar-refractivity contribution in [1.82, 2.24) is 4.90 Å². The van der Waals surface area contributed by atoms with E-state index in [1.165, 1.54) is 0 Å². The van der Waals surface area contributed by atoms with Crippen molar-refractivity contribution < 1.29 is 27.9 Å². The molecule has 2 aliphatic rings. The number of carbonyl (C=O) groups is 2. The zero-order valence-corrected chi connectivity index (χ0v) is 34.1. The molecule has 7 nitrogen and oxygen atoms in total. The molecule has 0 radical (unpaired) electrons. The Balaban J connectivity index is 2.69. The van der Waals surface area contributed by atoms with Gasteiger partial charge in [-0.25, -0.2) is 4.79 Å². The van der Waals surface area contributed by atoms with Gasteiger partial charge in [0.1, 0.15) is 17.5 Å². The van der Waals surface area contributed by atoms with Crippen LogP contribution >= 0.6 is 0 Å². The maximum atomic E-state index is 14.0. The van der Waals surface area contributed by atoms with E-state index in [1.54, 1.807) is 0 Å². The van der Waals surface area contributed by atoms with Crippen LogP contribution in [-0.2, 0) is 23.1 Å². The topological polar surface area (TPSA) is 74.3 Å². The van der Waals surface area contributed by atoms with Gasteiger partial charge < -0.3 is 18.3 Å². The third-order valence-electron chi connectivity index (χ3n) is 11.0. The molecule has 1 amide bonds. The number of hydrogen-bond acceptors (Lipinski definition) is 6. The van der Waals surface area contributed by atoms with Crippen LogP contribution in [0.4, 0.5) is 4.79 Å². The number of carbonyl (C=O) groups excluding carboxylic acids is 2. The van der Waals surface area contributed by atoms with Crippen LogP contribution in [0.25, 0.3) is 0 Å². The van der Waals surface area contributed by atoms with E-state index in [1.807, 2.05) is 32.6 Å². The summed E-state index contributed by atoms with van der Waals surface area (Å²) in [6, 6.07) is 6.18. The Kier molecular flexibility index (Phi) is 15.3. The lowest BCUT2D eigenvalue weighted by atomic mass is 9.80. The molecule has 0 bridgehead atoms. The summed E-state index contributed by atoms with van der Waals surface area (Å²) in [5, 5.41) is 0. The fraction of sp³-hybridized carbons (Fsp3) is 0.892. The minimum absolute atomic E-state index is 0.0987. The fourth-order valence-corrected chi connectivity index (χ4v) is 13.7. The van der Waals surface area contributed by atoms with Crippen LogP contribution in [0.1, 0.15) is 122 Å². The SMILES string of the molecule is C=C(C)CC(=O)C[C@@H](C)C[C@@H](O[Si](CC)(CC)CC)[C@H]1O[C@@]2(C[C@H]1O[Si](CC)(CC)CC)[C@@H](C)C[C@@H](C)CN2C(=O)OC(C)(C)C. The molecule has 2 rings (SSSR count). The minimum Gasteiger partial charge on any atom is -0.444 e. The average molecular weight is 682 g/mol. The van der Waals surface area contributed by atoms with E-state index >= 15 is 0 Å². The van der Waals surface area contributed by atoms with Crippen LogP contribution in [0.2, 0.25) is 36.3 Å². The van der Waals surface area contributed by atoms with E-state index in [0.717, 1.165) is 48.3 Å². The van der Waals surface area contributed by atoms with Crippen LogP contribution in [0.5, 0.6) is 0 Å². The highest BCUT2D eigenvalue weighted by atomic mass is 28.4. The summed E-state index contributed by atoms with van der Waals surface area (Å²) in [6.45, 7) is 32.4. The smallest absolute Gasteiger partial charge is 0.412 e. The summed E-state index contributed by atoms with van der Waals surface area (Å²) in [7, 11) is -4.15. The van der Waals surface area contributed by atoms with Crippen molar-refractivity contribution in [1.29, 1.82) is 0 Å². The van der Waals surface area contributed by atoms with Gasteiger partial charge >= 0.3 is 6.09 Å². The van der Waals surface area contributed by atoms with Crippen LogP contribution in [0, 0.1) is 17.8 Å². The van der Waals surface area contributed by atoms with Crippen LogP contribution < -0.4 is 0 Å². The second-order valence-electron chi connectivity index (χ2n) is 16.0. The largest absolute Gasteiger partial charge is 0.444 e. The van der Waals surface area contributed by atoms with Gasteiger partial charge in [-0.2, -0.15) is 0 Å². The van der Waals surface area contributed by atoms with Gasteiger partial charge in [0.2, 0.25) is 0 Å². The van der Waals surface area contributed by atoms with Gasteiger partial charge in [0.25, 0.3) is 0 Å². The van der Waals surface area contributed by atoms with Gasteiger partial charge in [-0.05, 0) is 88.6 Å². The molecule has 46 heavy (non-hydrogen) atoms. The predicted molar refractivity (Wildman–Crippen MR) is 195 cm³/mol. The summed E-state index contributed by atoms with van der Waals surface area (Å²) < 4.78 is 28.3. The lowest BCUT2D eigenvalue weighted by molar-refractivity contribution is -0.207. The Bertz CT molecular complexity index is 990. The van der Waals surface area contributed by atoms with E-state index in [9.17, 15) is 9.59 Å². The molecular formula is C37H71NO6Si2. The second kappa shape index (κ2) is 17.1. The van der Waals surface area contributed by atoms with E-state index < -0.39 is 28.0 Å². The Morgan fingerprint density at radius 2 is 1.52 bits per heavy atom. The standard InChI is InChI=1S/C37H71NO6Si2/c1-15-45(16-2,17-3)43-32(24-28(9)23-31(39)21-27(7)8)34-33(44-46(18-4,19-5)20-6)25-37(41-34)30(11)22-29(10)26-38(37)35(40)42-36(12,13)14/h28-30,32-34H,7,15-26H2,1-6,8-14H3/t28-,29-,30+,32-,33-,34-,37+/m1/s1. The highest BCUT2D eigenvalue weighted by Gasteiger charge is 2.61. The third kappa shape index (κ3) is 10.3. The molecule has 0 aromatic carbocycles. The molecular weight excluding hydrogens is 611 g/mol. The number of likely N-dealkylation sites (tertiary alicyclic amines) is 1. The van der Waals surface area contributed by atoms with Gasteiger partial charge in [0.15, 0.2) is 22.4 Å². The number of piperidine rings is 1. The van der Waals surface area contributed by atoms with Gasteiger partial charge in [0, 0.05) is 31.7 Å². The molecule has 9 heteroatoms. The minimum atomic E-state index is -2.08. The number of rotatable bonds is 17. The Morgan fingerprint density at radius 3 is 2.00 bits per heavy atom. The molecule has 0 aromatic rings. The Morgan fingerprint density at radius 1 is 0.978 bits per heavy atom. The first-order valence-corrected chi connectivity index (χ1v) is 23.6.